The molecule has 1 unspecified atom stereocenters. The lowest BCUT2D eigenvalue weighted by Gasteiger charge is -2.27. The lowest BCUT2D eigenvalue weighted by Crippen LogP contribution is -2.48. The molecule has 2 aromatic rings. The molecule has 0 saturated heterocycles. The first-order chi connectivity index (χ1) is 13.3. The zero-order chi connectivity index (χ0) is 20.6. The van der Waals surface area contributed by atoms with Crippen LogP contribution < -0.4 is 30.8 Å². The Hall–Kier alpha value is -2.04. The van der Waals surface area contributed by atoms with E-state index in [1.807, 2.05) is 13.8 Å². The van der Waals surface area contributed by atoms with E-state index in [9.17, 15) is 5.11 Å². The lowest BCUT2D eigenvalue weighted by atomic mass is 10.1. The Kier molecular flexibility index (Phi) is 10.2. The topological polar surface area (TPSA) is 124 Å². The van der Waals surface area contributed by atoms with Crippen molar-refractivity contribution in [3.8, 4) is 17.4 Å². The minimum atomic E-state index is -0.729. The number of nitrogens with one attached hydrogen (secondary N) is 2. The van der Waals surface area contributed by atoms with Crippen molar-refractivity contribution in [1.29, 1.82) is 0 Å². The molecule has 1 atom stereocenters. The van der Waals surface area contributed by atoms with Crippen molar-refractivity contribution < 1.29 is 19.3 Å². The van der Waals surface area contributed by atoms with E-state index in [1.54, 1.807) is 37.4 Å². The van der Waals surface area contributed by atoms with Crippen LogP contribution in [0.1, 0.15) is 13.8 Å². The number of halogens is 2. The summed E-state index contributed by atoms with van der Waals surface area (Å²) >= 11 is 6.12. The van der Waals surface area contributed by atoms with E-state index < -0.39 is 11.6 Å². The van der Waals surface area contributed by atoms with Gasteiger partial charge >= 0.3 is 0 Å². The SMILES string of the molecule is COc1ccc(OCC(O)CNC(C)(C)COc2ccc(NN)nn2)c(Cl)c1.Cl. The molecule has 2 rings (SSSR count). The number of nitrogen functional groups attached to an aromatic ring is 1. The van der Waals surface area contributed by atoms with Gasteiger partial charge in [-0.25, -0.2) is 5.84 Å². The van der Waals surface area contributed by atoms with E-state index in [0.29, 0.717) is 41.4 Å². The smallest absolute Gasteiger partial charge is 0.233 e. The molecule has 0 spiro atoms. The van der Waals surface area contributed by atoms with Crippen LogP contribution in [0.2, 0.25) is 5.02 Å². The minimum absolute atomic E-state index is 0. The number of benzene rings is 1. The fourth-order valence-electron chi connectivity index (χ4n) is 2.14. The van der Waals surface area contributed by atoms with Crippen LogP contribution in [0, 0.1) is 0 Å². The number of ether oxygens (including phenoxy) is 3. The summed E-state index contributed by atoms with van der Waals surface area (Å²) in [6.07, 6.45) is -0.729. The van der Waals surface area contributed by atoms with Gasteiger partial charge in [0.2, 0.25) is 5.88 Å². The van der Waals surface area contributed by atoms with Crippen molar-refractivity contribution in [2.45, 2.75) is 25.5 Å². The van der Waals surface area contributed by atoms with Crippen molar-refractivity contribution in [1.82, 2.24) is 15.5 Å². The second-order valence-electron chi connectivity index (χ2n) is 6.72. The van der Waals surface area contributed by atoms with E-state index in [-0.39, 0.29) is 19.0 Å². The highest BCUT2D eigenvalue weighted by Crippen LogP contribution is 2.28. The summed E-state index contributed by atoms with van der Waals surface area (Å²) in [7, 11) is 1.56. The van der Waals surface area contributed by atoms with Gasteiger partial charge in [0.05, 0.1) is 12.1 Å². The number of aliphatic hydroxyl groups is 1. The Morgan fingerprint density at radius 3 is 2.55 bits per heavy atom. The Labute approximate surface area is 181 Å². The number of rotatable bonds is 11. The maximum absolute atomic E-state index is 10.2. The third-order valence-electron chi connectivity index (χ3n) is 3.76. The predicted octanol–water partition coefficient (Wildman–Crippen LogP) is 2.03. The molecule has 0 saturated carbocycles. The van der Waals surface area contributed by atoms with Crippen LogP contribution in [0.15, 0.2) is 30.3 Å². The summed E-state index contributed by atoms with van der Waals surface area (Å²) in [4.78, 5) is 0. The van der Waals surface area contributed by atoms with E-state index >= 15 is 0 Å². The Morgan fingerprint density at radius 2 is 1.97 bits per heavy atom. The van der Waals surface area contributed by atoms with Crippen LogP contribution in [0.4, 0.5) is 5.82 Å². The van der Waals surface area contributed by atoms with E-state index in [0.717, 1.165) is 0 Å². The molecule has 11 heteroatoms. The number of nitrogens with two attached hydrogens (primary N) is 1. The Morgan fingerprint density at radius 1 is 1.21 bits per heavy atom. The van der Waals surface area contributed by atoms with Gasteiger partial charge in [0.25, 0.3) is 0 Å². The molecule has 9 nitrogen and oxygen atoms in total. The molecule has 29 heavy (non-hydrogen) atoms. The number of aromatic nitrogens is 2. The predicted molar refractivity (Wildman–Crippen MR) is 114 cm³/mol. The van der Waals surface area contributed by atoms with Gasteiger partial charge in [-0.15, -0.1) is 22.6 Å². The van der Waals surface area contributed by atoms with Gasteiger partial charge in [0.15, 0.2) is 5.82 Å². The summed E-state index contributed by atoms with van der Waals surface area (Å²) in [5.41, 5.74) is 1.99. The maximum atomic E-state index is 10.2. The quantitative estimate of drug-likeness (QED) is 0.302. The number of hydrogen-bond acceptors (Lipinski definition) is 9. The van der Waals surface area contributed by atoms with Gasteiger partial charge in [-0.05, 0) is 32.0 Å². The first kappa shape index (κ1) is 25.0. The Bertz CT molecular complexity index is 750. The fourth-order valence-corrected chi connectivity index (χ4v) is 2.37. The zero-order valence-electron chi connectivity index (χ0n) is 16.5. The standard InChI is InChI=1S/C18H26ClN5O4.ClH/c1-18(2,11-28-17-7-6-16(22-20)23-24-17)21-9-12(25)10-27-15-5-4-13(26-3)8-14(15)19;/h4-8,12,21,25H,9-11,20H2,1-3H3,(H,22,23);1H. The molecule has 5 N–H and O–H groups in total. The Balaban J connectivity index is 0.00000420. The second kappa shape index (κ2) is 11.8. The number of hydrogen-bond donors (Lipinski definition) is 4. The fraction of sp³-hybridized carbons (Fsp3) is 0.444. The molecular weight excluding hydrogens is 421 g/mol. The second-order valence-corrected chi connectivity index (χ2v) is 7.12. The molecule has 0 amide bonds. The van der Waals surface area contributed by atoms with E-state index in [2.05, 4.69) is 20.9 Å². The minimum Gasteiger partial charge on any atom is -0.497 e. The summed E-state index contributed by atoms with van der Waals surface area (Å²) in [5.74, 6) is 7.20. The van der Waals surface area contributed by atoms with Crippen molar-refractivity contribution in [2.24, 2.45) is 5.84 Å². The van der Waals surface area contributed by atoms with Crippen molar-refractivity contribution in [3.63, 3.8) is 0 Å². The number of hydrazine groups is 1. The number of nitrogens with zero attached hydrogens (tertiary/aromatic N) is 2. The van der Waals surface area contributed by atoms with Crippen LogP contribution in [-0.2, 0) is 0 Å². The van der Waals surface area contributed by atoms with Gasteiger partial charge in [-0.2, -0.15) is 0 Å². The molecule has 0 aliphatic heterocycles. The summed E-state index contributed by atoms with van der Waals surface area (Å²) < 4.78 is 16.3. The average molecular weight is 448 g/mol. The summed E-state index contributed by atoms with van der Waals surface area (Å²) in [6.45, 7) is 4.63. The van der Waals surface area contributed by atoms with Crippen LogP contribution >= 0.6 is 24.0 Å². The highest BCUT2D eigenvalue weighted by atomic mass is 35.5. The van der Waals surface area contributed by atoms with Gasteiger partial charge in [0.1, 0.15) is 30.8 Å². The molecule has 1 aromatic carbocycles. The normalized spacial score (nSPS) is 11.9. The zero-order valence-corrected chi connectivity index (χ0v) is 18.1. The van der Waals surface area contributed by atoms with Gasteiger partial charge in [-0.1, -0.05) is 11.6 Å². The van der Waals surface area contributed by atoms with Gasteiger partial charge in [0, 0.05) is 24.2 Å². The first-order valence-corrected chi connectivity index (χ1v) is 9.03. The largest absolute Gasteiger partial charge is 0.497 e. The molecule has 0 fully saturated rings. The van der Waals surface area contributed by atoms with Crippen LogP contribution in [0.25, 0.3) is 0 Å². The molecule has 162 valence electrons. The molecular formula is C18H27Cl2N5O4. The van der Waals surface area contributed by atoms with Crippen LogP contribution in [0.3, 0.4) is 0 Å². The average Bonchev–Trinajstić information content (AvgIpc) is 2.70. The molecule has 0 aliphatic rings. The van der Waals surface area contributed by atoms with Crippen molar-refractivity contribution in [2.75, 3.05) is 32.3 Å². The first-order valence-electron chi connectivity index (χ1n) is 8.65. The molecule has 0 aliphatic carbocycles. The number of anilines is 1. The number of β-amino-alcohol motifs (C(OH)–C–C–N with tert-alkyl or cyclic N) is 1. The third-order valence-corrected chi connectivity index (χ3v) is 4.05. The highest BCUT2D eigenvalue weighted by Gasteiger charge is 2.20. The lowest BCUT2D eigenvalue weighted by molar-refractivity contribution is 0.0923. The summed E-state index contributed by atoms with van der Waals surface area (Å²) in [6, 6.07) is 8.42. The summed E-state index contributed by atoms with van der Waals surface area (Å²) in [5, 5.41) is 21.6. The van der Waals surface area contributed by atoms with Gasteiger partial charge < -0.3 is 30.1 Å². The van der Waals surface area contributed by atoms with Crippen LogP contribution in [-0.4, -0.2) is 53.8 Å². The van der Waals surface area contributed by atoms with Crippen LogP contribution in [0.5, 0.6) is 17.4 Å². The van der Waals surface area contributed by atoms with E-state index in [1.165, 1.54) is 0 Å². The molecule has 1 heterocycles. The molecule has 0 radical (unpaired) electrons. The number of methoxy groups -OCH3 is 1. The van der Waals surface area contributed by atoms with Gasteiger partial charge in [-0.3, -0.25) is 0 Å². The number of aliphatic hydroxyl groups excluding tert-OH is 1. The maximum Gasteiger partial charge on any atom is 0.233 e. The molecule has 0 bridgehead atoms. The third kappa shape index (κ3) is 8.46. The van der Waals surface area contributed by atoms with E-state index in [4.69, 9.17) is 31.7 Å². The van der Waals surface area contributed by atoms with Crippen molar-refractivity contribution in [3.05, 3.63) is 35.4 Å². The molecule has 1 aromatic heterocycles. The highest BCUT2D eigenvalue weighted by molar-refractivity contribution is 6.32. The van der Waals surface area contributed by atoms with Crippen molar-refractivity contribution >= 4 is 29.8 Å². The monoisotopic (exact) mass is 447 g/mol.